The minimum atomic E-state index is -2.87. The highest BCUT2D eigenvalue weighted by Gasteiger charge is 2.30. The highest BCUT2D eigenvalue weighted by molar-refractivity contribution is 5.56. The van der Waals surface area contributed by atoms with Gasteiger partial charge >= 0.3 is 0 Å². The van der Waals surface area contributed by atoms with Gasteiger partial charge in [0.25, 0.3) is 5.92 Å². The number of alkyl halides is 2. The average molecular weight is 491 g/mol. The summed E-state index contributed by atoms with van der Waals surface area (Å²) in [6, 6.07) is 6.41. The van der Waals surface area contributed by atoms with Gasteiger partial charge in [0.15, 0.2) is 0 Å². The number of nitrogens with zero attached hydrogens (tertiary/aromatic N) is 4. The molecule has 0 bridgehead atoms. The van der Waals surface area contributed by atoms with Gasteiger partial charge < -0.3 is 19.6 Å². The van der Waals surface area contributed by atoms with E-state index in [1.165, 1.54) is 12.1 Å². The molecule has 1 aromatic rings. The molecule has 1 N–H and O–H groups in total. The SMILES string of the molecule is CC(C)(O)C1=CC(N2CCN(CCN3CCOCC3)CC2)=CCCN1c1ccc(C(C)(F)F)cc1. The number of aliphatic hydroxyl groups is 1. The molecule has 35 heavy (non-hydrogen) atoms. The smallest absolute Gasteiger partial charge is 0.270 e. The third-order valence-corrected chi connectivity index (χ3v) is 7.17. The highest BCUT2D eigenvalue weighted by Crippen LogP contribution is 2.33. The molecule has 3 aliphatic rings. The zero-order valence-electron chi connectivity index (χ0n) is 21.3. The van der Waals surface area contributed by atoms with Gasteiger partial charge in [-0.25, -0.2) is 8.78 Å². The summed E-state index contributed by atoms with van der Waals surface area (Å²) in [6.07, 6.45) is 5.14. The van der Waals surface area contributed by atoms with Gasteiger partial charge in [-0.15, -0.1) is 0 Å². The van der Waals surface area contributed by atoms with E-state index in [-0.39, 0.29) is 5.56 Å². The van der Waals surface area contributed by atoms with Gasteiger partial charge in [0.05, 0.1) is 24.5 Å². The number of hydrogen-bond acceptors (Lipinski definition) is 6. The number of allylic oxidation sites excluding steroid dienone is 1. The monoisotopic (exact) mass is 490 g/mol. The number of halogens is 2. The first-order chi connectivity index (χ1) is 16.6. The minimum absolute atomic E-state index is 0.00448. The Bertz CT molecular complexity index is 891. The molecule has 0 saturated carbocycles. The van der Waals surface area contributed by atoms with Gasteiger partial charge in [-0.3, -0.25) is 9.80 Å². The Hall–Kier alpha value is -2.00. The van der Waals surface area contributed by atoms with Crippen LogP contribution in [0, 0.1) is 0 Å². The van der Waals surface area contributed by atoms with Crippen molar-refractivity contribution in [2.45, 2.75) is 38.7 Å². The lowest BCUT2D eigenvalue weighted by Crippen LogP contribution is -2.49. The van der Waals surface area contributed by atoms with Crippen molar-refractivity contribution < 1.29 is 18.6 Å². The van der Waals surface area contributed by atoms with Crippen LogP contribution in [-0.2, 0) is 10.7 Å². The van der Waals surface area contributed by atoms with E-state index in [1.54, 1.807) is 26.0 Å². The number of ether oxygens (including phenoxy) is 1. The largest absolute Gasteiger partial charge is 0.384 e. The summed E-state index contributed by atoms with van der Waals surface area (Å²) in [7, 11) is 0. The summed E-state index contributed by atoms with van der Waals surface area (Å²) in [5, 5.41) is 11.0. The molecule has 8 heteroatoms. The second-order valence-corrected chi connectivity index (χ2v) is 10.4. The lowest BCUT2D eigenvalue weighted by molar-refractivity contribution is 0.0175. The predicted molar refractivity (Wildman–Crippen MR) is 136 cm³/mol. The van der Waals surface area contributed by atoms with Crippen LogP contribution in [0.25, 0.3) is 0 Å². The number of anilines is 1. The quantitative estimate of drug-likeness (QED) is 0.631. The molecule has 0 aliphatic carbocycles. The van der Waals surface area contributed by atoms with E-state index in [1.807, 2.05) is 0 Å². The Balaban J connectivity index is 1.42. The van der Waals surface area contributed by atoms with Crippen LogP contribution in [0.1, 0.15) is 32.8 Å². The molecule has 1 aromatic carbocycles. The Morgan fingerprint density at radius 3 is 2.03 bits per heavy atom. The first-order valence-electron chi connectivity index (χ1n) is 12.8. The number of morpholine rings is 1. The molecule has 2 fully saturated rings. The van der Waals surface area contributed by atoms with Crippen molar-refractivity contribution in [3.05, 3.63) is 53.4 Å². The molecule has 3 heterocycles. The lowest BCUT2D eigenvalue weighted by atomic mass is 10.0. The summed E-state index contributed by atoms with van der Waals surface area (Å²) in [6.45, 7) is 15.0. The molecule has 3 aliphatic heterocycles. The maximum Gasteiger partial charge on any atom is 0.270 e. The Morgan fingerprint density at radius 1 is 0.857 bits per heavy atom. The first-order valence-corrected chi connectivity index (χ1v) is 12.8. The molecule has 4 rings (SSSR count). The molecule has 0 unspecified atom stereocenters. The van der Waals surface area contributed by atoms with E-state index in [2.05, 4.69) is 31.8 Å². The van der Waals surface area contributed by atoms with E-state index in [9.17, 15) is 13.9 Å². The van der Waals surface area contributed by atoms with Crippen LogP contribution < -0.4 is 4.90 Å². The summed E-state index contributed by atoms with van der Waals surface area (Å²) in [4.78, 5) is 9.47. The van der Waals surface area contributed by atoms with Crippen LogP contribution in [0.5, 0.6) is 0 Å². The van der Waals surface area contributed by atoms with Gasteiger partial charge in [0, 0.05) is 82.8 Å². The average Bonchev–Trinajstić information content (AvgIpc) is 3.07. The summed E-state index contributed by atoms with van der Waals surface area (Å²) in [5.74, 6) is -2.87. The Labute approximate surface area is 208 Å². The van der Waals surface area contributed by atoms with E-state index in [0.717, 1.165) is 96.0 Å². The Kier molecular flexibility index (Phi) is 8.16. The van der Waals surface area contributed by atoms with E-state index >= 15 is 0 Å². The van der Waals surface area contributed by atoms with Crippen LogP contribution in [0.2, 0.25) is 0 Å². The van der Waals surface area contributed by atoms with E-state index in [4.69, 9.17) is 4.74 Å². The molecule has 194 valence electrons. The van der Waals surface area contributed by atoms with Crippen LogP contribution in [0.3, 0.4) is 0 Å². The summed E-state index contributed by atoms with van der Waals surface area (Å²) < 4.78 is 32.8. The Morgan fingerprint density at radius 2 is 1.46 bits per heavy atom. The zero-order chi connectivity index (χ0) is 25.1. The van der Waals surface area contributed by atoms with Gasteiger partial charge in [0.2, 0.25) is 0 Å². The number of benzene rings is 1. The van der Waals surface area contributed by atoms with Gasteiger partial charge in [-0.2, -0.15) is 0 Å². The maximum atomic E-state index is 13.7. The van der Waals surface area contributed by atoms with Gasteiger partial charge in [-0.05, 0) is 38.5 Å². The fraction of sp³-hybridized carbons (Fsp3) is 0.630. The normalized spacial score (nSPS) is 21.5. The van der Waals surface area contributed by atoms with Crippen molar-refractivity contribution in [3.8, 4) is 0 Å². The van der Waals surface area contributed by atoms with Crippen molar-refractivity contribution in [2.75, 3.05) is 77.0 Å². The molecule has 2 saturated heterocycles. The van der Waals surface area contributed by atoms with Crippen molar-refractivity contribution in [1.82, 2.24) is 14.7 Å². The van der Waals surface area contributed by atoms with Crippen LogP contribution in [0.4, 0.5) is 14.5 Å². The summed E-state index contributed by atoms with van der Waals surface area (Å²) in [5.41, 5.74) is 1.65. The fourth-order valence-electron chi connectivity index (χ4n) is 5.01. The van der Waals surface area contributed by atoms with Crippen molar-refractivity contribution >= 4 is 5.69 Å². The third kappa shape index (κ3) is 6.82. The number of piperazine rings is 1. The minimum Gasteiger partial charge on any atom is -0.384 e. The topological polar surface area (TPSA) is 42.4 Å². The van der Waals surface area contributed by atoms with E-state index in [0.29, 0.717) is 6.54 Å². The number of hydrogen-bond donors (Lipinski definition) is 1. The standard InChI is InChI=1S/C27H40F2N4O2/c1-26(2,34)25-21-24(5-4-10-33(25)23-8-6-22(7-9-23)27(3,28)29)32-15-13-30(14-16-32)11-12-31-17-19-35-20-18-31/h5-9,21,34H,4,10-20H2,1-3H3. The van der Waals surface area contributed by atoms with Crippen molar-refractivity contribution in [1.29, 1.82) is 0 Å². The lowest BCUT2D eigenvalue weighted by Gasteiger charge is -2.38. The zero-order valence-corrected chi connectivity index (χ0v) is 21.3. The predicted octanol–water partition coefficient (Wildman–Crippen LogP) is 3.50. The molecular weight excluding hydrogens is 450 g/mol. The molecule has 0 amide bonds. The van der Waals surface area contributed by atoms with E-state index < -0.39 is 11.5 Å². The molecule has 0 aromatic heterocycles. The van der Waals surface area contributed by atoms with Crippen LogP contribution in [-0.4, -0.2) is 97.5 Å². The highest BCUT2D eigenvalue weighted by atomic mass is 19.3. The maximum absolute atomic E-state index is 13.7. The van der Waals surface area contributed by atoms with Crippen molar-refractivity contribution in [2.24, 2.45) is 0 Å². The molecule has 6 nitrogen and oxygen atoms in total. The fourth-order valence-corrected chi connectivity index (χ4v) is 5.01. The third-order valence-electron chi connectivity index (χ3n) is 7.17. The summed E-state index contributed by atoms with van der Waals surface area (Å²) >= 11 is 0. The van der Waals surface area contributed by atoms with Gasteiger partial charge in [-0.1, -0.05) is 18.2 Å². The van der Waals surface area contributed by atoms with Gasteiger partial charge in [0.1, 0.15) is 0 Å². The molecular formula is C27H40F2N4O2. The number of rotatable bonds is 7. The van der Waals surface area contributed by atoms with Crippen molar-refractivity contribution in [3.63, 3.8) is 0 Å². The molecule has 0 radical (unpaired) electrons. The first kappa shape index (κ1) is 26.1. The second-order valence-electron chi connectivity index (χ2n) is 10.4. The van der Waals surface area contributed by atoms with Crippen LogP contribution >= 0.6 is 0 Å². The van der Waals surface area contributed by atoms with Crippen LogP contribution in [0.15, 0.2) is 47.8 Å². The molecule has 0 spiro atoms. The molecule has 0 atom stereocenters. The second kappa shape index (κ2) is 10.9.